The van der Waals surface area contributed by atoms with E-state index >= 15 is 0 Å². The van der Waals surface area contributed by atoms with Crippen molar-refractivity contribution in [3.63, 3.8) is 0 Å². The lowest BCUT2D eigenvalue weighted by atomic mass is 9.92. The molecule has 1 N–H and O–H groups in total. The van der Waals surface area contributed by atoms with E-state index in [-0.39, 0.29) is 5.54 Å². The Hall–Kier alpha value is -0.370. The number of carbonyl (C=O) groups excluding carboxylic acids is 1. The number of aldehydes is 1. The fourth-order valence-corrected chi connectivity index (χ4v) is 2.21. The topological polar surface area (TPSA) is 29.1 Å². The molecular formula is C8H13NO. The molecule has 2 fully saturated rings. The molecule has 2 heteroatoms. The van der Waals surface area contributed by atoms with Crippen molar-refractivity contribution in [2.45, 2.75) is 43.7 Å². The molecule has 10 heavy (non-hydrogen) atoms. The molecule has 0 aliphatic carbocycles. The molecule has 2 atom stereocenters. The molecule has 0 spiro atoms. The van der Waals surface area contributed by atoms with Crippen LogP contribution >= 0.6 is 0 Å². The zero-order valence-electron chi connectivity index (χ0n) is 6.10. The molecule has 0 aromatic carbocycles. The first-order valence-corrected chi connectivity index (χ1v) is 4.09. The summed E-state index contributed by atoms with van der Waals surface area (Å²) in [4.78, 5) is 10.7. The second kappa shape index (κ2) is 2.06. The van der Waals surface area contributed by atoms with E-state index in [0.717, 1.165) is 19.1 Å². The first kappa shape index (κ1) is 6.35. The first-order chi connectivity index (χ1) is 4.85. The van der Waals surface area contributed by atoms with Gasteiger partial charge in [0, 0.05) is 6.04 Å². The number of hydrogen-bond donors (Lipinski definition) is 1. The van der Waals surface area contributed by atoms with Crippen LogP contribution in [0.2, 0.25) is 0 Å². The van der Waals surface area contributed by atoms with Crippen molar-refractivity contribution in [3.05, 3.63) is 0 Å². The van der Waals surface area contributed by atoms with E-state index < -0.39 is 0 Å². The molecule has 0 aromatic heterocycles. The molecule has 2 nitrogen and oxygen atoms in total. The number of carbonyl (C=O) groups is 1. The summed E-state index contributed by atoms with van der Waals surface area (Å²) in [5, 5.41) is 3.39. The van der Waals surface area contributed by atoms with Crippen LogP contribution in [0.4, 0.5) is 0 Å². The number of fused-ring (bicyclic) bond motifs is 2. The lowest BCUT2D eigenvalue weighted by Gasteiger charge is -2.28. The van der Waals surface area contributed by atoms with Crippen LogP contribution in [0.5, 0.6) is 0 Å². The van der Waals surface area contributed by atoms with Gasteiger partial charge in [-0.2, -0.15) is 0 Å². The summed E-state index contributed by atoms with van der Waals surface area (Å²) in [5.41, 5.74) is -0.0943. The summed E-state index contributed by atoms with van der Waals surface area (Å²) in [6, 6.07) is 0.652. The highest BCUT2D eigenvalue weighted by Crippen LogP contribution is 2.33. The Kier molecular flexibility index (Phi) is 1.31. The molecule has 2 saturated heterocycles. The highest BCUT2D eigenvalue weighted by atomic mass is 16.1. The van der Waals surface area contributed by atoms with Crippen LogP contribution < -0.4 is 5.32 Å². The zero-order chi connectivity index (χ0) is 7.03. The van der Waals surface area contributed by atoms with Crippen LogP contribution in [0.15, 0.2) is 0 Å². The van der Waals surface area contributed by atoms with Gasteiger partial charge in [0.15, 0.2) is 0 Å². The van der Waals surface area contributed by atoms with E-state index in [9.17, 15) is 4.79 Å². The van der Waals surface area contributed by atoms with E-state index in [0.29, 0.717) is 6.04 Å². The lowest BCUT2D eigenvalue weighted by molar-refractivity contribution is -0.113. The van der Waals surface area contributed by atoms with Gasteiger partial charge in [-0.25, -0.2) is 0 Å². The number of hydrogen-bond acceptors (Lipinski definition) is 2. The van der Waals surface area contributed by atoms with Gasteiger partial charge in [0.25, 0.3) is 0 Å². The Morgan fingerprint density at radius 3 is 3.00 bits per heavy atom. The summed E-state index contributed by atoms with van der Waals surface area (Å²) in [6.45, 7) is 0. The van der Waals surface area contributed by atoms with Crippen molar-refractivity contribution < 1.29 is 4.79 Å². The number of piperidine rings is 1. The first-order valence-electron chi connectivity index (χ1n) is 4.09. The Morgan fingerprint density at radius 1 is 1.40 bits per heavy atom. The third-order valence-corrected chi connectivity index (χ3v) is 2.83. The quantitative estimate of drug-likeness (QED) is 0.546. The highest BCUT2D eigenvalue weighted by Gasteiger charge is 2.40. The minimum absolute atomic E-state index is 0.0943. The third kappa shape index (κ3) is 0.788. The van der Waals surface area contributed by atoms with Crippen LogP contribution in [0.1, 0.15) is 32.1 Å². The normalized spacial score (nSPS) is 45.4. The van der Waals surface area contributed by atoms with Gasteiger partial charge >= 0.3 is 0 Å². The van der Waals surface area contributed by atoms with Gasteiger partial charge in [-0.05, 0) is 32.1 Å². The Morgan fingerprint density at radius 2 is 2.30 bits per heavy atom. The van der Waals surface area contributed by atoms with Gasteiger partial charge in [-0.15, -0.1) is 0 Å². The van der Waals surface area contributed by atoms with E-state index in [1.54, 1.807) is 0 Å². The van der Waals surface area contributed by atoms with Gasteiger partial charge < -0.3 is 10.1 Å². The smallest absolute Gasteiger partial charge is 0.140 e. The van der Waals surface area contributed by atoms with Gasteiger partial charge in [-0.1, -0.05) is 0 Å². The number of nitrogens with one attached hydrogen (secondary N) is 1. The molecule has 0 amide bonds. The number of rotatable bonds is 1. The molecule has 0 radical (unpaired) electrons. The maximum atomic E-state index is 10.7. The minimum Gasteiger partial charge on any atom is -0.302 e. The van der Waals surface area contributed by atoms with Gasteiger partial charge in [0.2, 0.25) is 0 Å². The standard InChI is InChI=1S/C8H13NO/c10-6-8-4-1-2-7(9-8)3-5-8/h6-7,9H,1-5H2. The fourth-order valence-electron chi connectivity index (χ4n) is 2.21. The molecule has 2 rings (SSSR count). The molecule has 2 aliphatic rings. The van der Waals surface area contributed by atoms with Crippen LogP contribution in [-0.2, 0) is 4.79 Å². The Balaban J connectivity index is 2.16. The lowest BCUT2D eigenvalue weighted by Crippen LogP contribution is -2.47. The predicted octanol–water partition coefficient (Wildman–Crippen LogP) is 0.860. The summed E-state index contributed by atoms with van der Waals surface area (Å²) < 4.78 is 0. The largest absolute Gasteiger partial charge is 0.302 e. The van der Waals surface area contributed by atoms with Crippen molar-refractivity contribution in [1.82, 2.24) is 5.32 Å². The van der Waals surface area contributed by atoms with Crippen molar-refractivity contribution in [1.29, 1.82) is 0 Å². The van der Waals surface area contributed by atoms with Crippen LogP contribution in [-0.4, -0.2) is 17.9 Å². The van der Waals surface area contributed by atoms with Crippen LogP contribution in [0.3, 0.4) is 0 Å². The molecule has 2 unspecified atom stereocenters. The second-order valence-electron chi connectivity index (χ2n) is 3.55. The van der Waals surface area contributed by atoms with E-state index in [4.69, 9.17) is 0 Å². The summed E-state index contributed by atoms with van der Waals surface area (Å²) in [7, 11) is 0. The van der Waals surface area contributed by atoms with Gasteiger partial charge in [0.05, 0.1) is 5.54 Å². The van der Waals surface area contributed by atoms with Crippen LogP contribution in [0.25, 0.3) is 0 Å². The molecule has 0 aromatic rings. The maximum absolute atomic E-state index is 10.7. The third-order valence-electron chi connectivity index (χ3n) is 2.83. The zero-order valence-corrected chi connectivity index (χ0v) is 6.10. The molecule has 56 valence electrons. The van der Waals surface area contributed by atoms with E-state index in [1.807, 2.05) is 0 Å². The minimum atomic E-state index is -0.0943. The van der Waals surface area contributed by atoms with Crippen molar-refractivity contribution in [2.24, 2.45) is 0 Å². The van der Waals surface area contributed by atoms with Crippen molar-refractivity contribution in [3.8, 4) is 0 Å². The average molecular weight is 139 g/mol. The summed E-state index contributed by atoms with van der Waals surface area (Å²) in [6.07, 6.45) is 6.96. The van der Waals surface area contributed by atoms with Gasteiger partial charge in [-0.3, -0.25) is 0 Å². The monoisotopic (exact) mass is 139 g/mol. The summed E-state index contributed by atoms with van der Waals surface area (Å²) in [5.74, 6) is 0. The van der Waals surface area contributed by atoms with E-state index in [2.05, 4.69) is 5.32 Å². The molecule has 2 aliphatic heterocycles. The van der Waals surface area contributed by atoms with Crippen LogP contribution in [0, 0.1) is 0 Å². The van der Waals surface area contributed by atoms with Gasteiger partial charge in [0.1, 0.15) is 6.29 Å². The second-order valence-corrected chi connectivity index (χ2v) is 3.55. The fraction of sp³-hybridized carbons (Fsp3) is 0.875. The predicted molar refractivity (Wildman–Crippen MR) is 38.8 cm³/mol. The Bertz CT molecular complexity index is 153. The van der Waals surface area contributed by atoms with Crippen molar-refractivity contribution in [2.75, 3.05) is 0 Å². The molecule has 2 bridgehead atoms. The Labute approximate surface area is 61.0 Å². The highest BCUT2D eigenvalue weighted by molar-refractivity contribution is 5.65. The maximum Gasteiger partial charge on any atom is 0.140 e. The summed E-state index contributed by atoms with van der Waals surface area (Å²) >= 11 is 0. The SMILES string of the molecule is O=CC12CCCC(CC1)N2. The molecule has 0 saturated carbocycles. The molecular weight excluding hydrogens is 126 g/mol. The molecule has 2 heterocycles. The average Bonchev–Trinajstić information content (AvgIpc) is 2.29. The van der Waals surface area contributed by atoms with Crippen molar-refractivity contribution >= 4 is 6.29 Å². The van der Waals surface area contributed by atoms with E-state index in [1.165, 1.54) is 19.3 Å².